The first-order valence-corrected chi connectivity index (χ1v) is 8.63. The fourth-order valence-electron chi connectivity index (χ4n) is 1.89. The SMILES string of the molecule is CCNc1nc(-c2cncc(Br)c2)nc(C(C)(C)C)c1I. The van der Waals surface area contributed by atoms with E-state index in [0.717, 1.165) is 31.7 Å². The monoisotopic (exact) mass is 460 g/mol. The van der Waals surface area contributed by atoms with Crippen LogP contribution in [0.25, 0.3) is 11.4 Å². The molecule has 0 unspecified atom stereocenters. The third kappa shape index (κ3) is 3.91. The maximum atomic E-state index is 4.78. The van der Waals surface area contributed by atoms with Crippen molar-refractivity contribution < 1.29 is 0 Å². The number of aromatic nitrogens is 3. The van der Waals surface area contributed by atoms with Crippen molar-refractivity contribution in [2.75, 3.05) is 11.9 Å². The van der Waals surface area contributed by atoms with Gasteiger partial charge in [-0.15, -0.1) is 0 Å². The van der Waals surface area contributed by atoms with Crippen LogP contribution in [0.3, 0.4) is 0 Å². The van der Waals surface area contributed by atoms with Gasteiger partial charge in [0.2, 0.25) is 0 Å². The fourth-order valence-corrected chi connectivity index (χ4v) is 3.50. The lowest BCUT2D eigenvalue weighted by Gasteiger charge is -2.22. The van der Waals surface area contributed by atoms with E-state index in [1.54, 1.807) is 12.4 Å². The van der Waals surface area contributed by atoms with E-state index < -0.39 is 0 Å². The Balaban J connectivity index is 2.64. The van der Waals surface area contributed by atoms with Gasteiger partial charge in [-0.3, -0.25) is 4.98 Å². The standard InChI is InChI=1S/C15H18BrIN4/c1-5-19-14-11(17)12(15(2,3)4)20-13(21-14)9-6-10(16)8-18-7-9/h6-8H,5H2,1-4H3,(H,19,20,21). The predicted molar refractivity (Wildman–Crippen MR) is 98.5 cm³/mol. The van der Waals surface area contributed by atoms with Crippen LogP contribution in [-0.2, 0) is 5.41 Å². The van der Waals surface area contributed by atoms with Gasteiger partial charge in [0.1, 0.15) is 5.82 Å². The number of halogens is 2. The molecule has 0 aliphatic heterocycles. The number of pyridine rings is 1. The Morgan fingerprint density at radius 3 is 2.52 bits per heavy atom. The number of rotatable bonds is 3. The average molecular weight is 461 g/mol. The van der Waals surface area contributed by atoms with E-state index in [9.17, 15) is 0 Å². The van der Waals surface area contributed by atoms with Gasteiger partial charge < -0.3 is 5.32 Å². The molecule has 0 bridgehead atoms. The van der Waals surface area contributed by atoms with Gasteiger partial charge in [-0.25, -0.2) is 9.97 Å². The number of hydrogen-bond acceptors (Lipinski definition) is 4. The lowest BCUT2D eigenvalue weighted by molar-refractivity contribution is 0.564. The van der Waals surface area contributed by atoms with E-state index in [1.807, 2.05) is 6.07 Å². The summed E-state index contributed by atoms with van der Waals surface area (Å²) in [5.74, 6) is 1.58. The maximum Gasteiger partial charge on any atom is 0.163 e. The highest BCUT2D eigenvalue weighted by Crippen LogP contribution is 2.31. The molecule has 2 heterocycles. The highest BCUT2D eigenvalue weighted by Gasteiger charge is 2.23. The second-order valence-corrected chi connectivity index (χ2v) is 7.72. The summed E-state index contributed by atoms with van der Waals surface area (Å²) in [4.78, 5) is 13.6. The largest absolute Gasteiger partial charge is 0.369 e. The molecule has 4 nitrogen and oxygen atoms in total. The number of nitrogens with one attached hydrogen (secondary N) is 1. The molecule has 0 atom stereocenters. The fraction of sp³-hybridized carbons (Fsp3) is 0.400. The first-order chi connectivity index (χ1) is 9.82. The third-order valence-corrected chi connectivity index (χ3v) is 4.32. The quantitative estimate of drug-likeness (QED) is 0.678. The Kier molecular flexibility index (Phi) is 5.19. The Bertz CT molecular complexity index is 653. The van der Waals surface area contributed by atoms with Crippen molar-refractivity contribution >= 4 is 44.3 Å². The Labute approximate surface area is 147 Å². The van der Waals surface area contributed by atoms with Crippen molar-refractivity contribution in [1.82, 2.24) is 15.0 Å². The van der Waals surface area contributed by atoms with Crippen LogP contribution in [0.15, 0.2) is 22.9 Å². The van der Waals surface area contributed by atoms with Crippen molar-refractivity contribution in [2.45, 2.75) is 33.1 Å². The van der Waals surface area contributed by atoms with Crippen LogP contribution < -0.4 is 5.32 Å². The average Bonchev–Trinajstić information content (AvgIpc) is 2.40. The summed E-state index contributed by atoms with van der Waals surface area (Å²) in [6.45, 7) is 9.38. The van der Waals surface area contributed by atoms with Crippen molar-refractivity contribution in [3.05, 3.63) is 32.2 Å². The smallest absolute Gasteiger partial charge is 0.163 e. The highest BCUT2D eigenvalue weighted by atomic mass is 127. The van der Waals surface area contributed by atoms with Crippen LogP contribution in [0, 0.1) is 3.57 Å². The molecule has 2 aromatic heterocycles. The van der Waals surface area contributed by atoms with Gasteiger partial charge in [0.05, 0.1) is 9.26 Å². The predicted octanol–water partition coefficient (Wildman–Crippen LogP) is 4.64. The van der Waals surface area contributed by atoms with Crippen LogP contribution in [0.1, 0.15) is 33.4 Å². The summed E-state index contributed by atoms with van der Waals surface area (Å²) < 4.78 is 2.00. The van der Waals surface area contributed by atoms with E-state index >= 15 is 0 Å². The first kappa shape index (κ1) is 16.6. The van der Waals surface area contributed by atoms with Gasteiger partial charge >= 0.3 is 0 Å². The summed E-state index contributed by atoms with van der Waals surface area (Å²) in [6, 6.07) is 1.98. The van der Waals surface area contributed by atoms with Gasteiger partial charge in [-0.2, -0.15) is 0 Å². The van der Waals surface area contributed by atoms with E-state index in [0.29, 0.717) is 5.82 Å². The molecule has 0 aliphatic carbocycles. The topological polar surface area (TPSA) is 50.7 Å². The molecular formula is C15H18BrIN4. The second kappa shape index (κ2) is 6.56. The molecule has 0 saturated heterocycles. The molecule has 2 aromatic rings. The van der Waals surface area contributed by atoms with Gasteiger partial charge in [0, 0.05) is 34.4 Å². The second-order valence-electron chi connectivity index (χ2n) is 5.73. The third-order valence-electron chi connectivity index (χ3n) is 2.87. The van der Waals surface area contributed by atoms with Crippen LogP contribution in [0.5, 0.6) is 0 Å². The number of nitrogens with zero attached hydrogens (tertiary/aromatic N) is 3. The summed E-state index contributed by atoms with van der Waals surface area (Å²) in [7, 11) is 0. The highest BCUT2D eigenvalue weighted by molar-refractivity contribution is 14.1. The zero-order valence-electron chi connectivity index (χ0n) is 12.5. The summed E-state index contributed by atoms with van der Waals surface area (Å²) in [6.07, 6.45) is 3.54. The molecular weight excluding hydrogens is 443 g/mol. The van der Waals surface area contributed by atoms with E-state index in [1.165, 1.54) is 0 Å². The van der Waals surface area contributed by atoms with Gasteiger partial charge in [0.15, 0.2) is 5.82 Å². The minimum absolute atomic E-state index is 0.0438. The Hall–Kier alpha value is -0.760. The lowest BCUT2D eigenvalue weighted by atomic mass is 9.91. The zero-order valence-corrected chi connectivity index (χ0v) is 16.3. The number of anilines is 1. The first-order valence-electron chi connectivity index (χ1n) is 6.75. The molecule has 112 valence electrons. The van der Waals surface area contributed by atoms with Crippen molar-refractivity contribution in [1.29, 1.82) is 0 Å². The molecule has 0 spiro atoms. The molecule has 2 rings (SSSR count). The van der Waals surface area contributed by atoms with E-state index in [4.69, 9.17) is 4.98 Å². The lowest BCUT2D eigenvalue weighted by Crippen LogP contribution is -2.19. The minimum atomic E-state index is -0.0438. The van der Waals surface area contributed by atoms with Gasteiger partial charge in [-0.05, 0) is 51.5 Å². The van der Waals surface area contributed by atoms with E-state index in [2.05, 4.69) is 81.5 Å². The van der Waals surface area contributed by atoms with Crippen LogP contribution in [0.2, 0.25) is 0 Å². The molecule has 0 aliphatic rings. The Morgan fingerprint density at radius 1 is 1.24 bits per heavy atom. The molecule has 0 aromatic carbocycles. The minimum Gasteiger partial charge on any atom is -0.369 e. The summed E-state index contributed by atoms with van der Waals surface area (Å²) in [5.41, 5.74) is 1.91. The van der Waals surface area contributed by atoms with Crippen molar-refractivity contribution in [3.63, 3.8) is 0 Å². The maximum absolute atomic E-state index is 4.78. The Morgan fingerprint density at radius 2 is 1.95 bits per heavy atom. The molecule has 6 heteroatoms. The van der Waals surface area contributed by atoms with Crippen LogP contribution in [-0.4, -0.2) is 21.5 Å². The summed E-state index contributed by atoms with van der Waals surface area (Å²) >= 11 is 5.77. The van der Waals surface area contributed by atoms with Crippen molar-refractivity contribution in [2.24, 2.45) is 0 Å². The number of hydrogen-bond donors (Lipinski definition) is 1. The normalized spacial score (nSPS) is 11.5. The van der Waals surface area contributed by atoms with Crippen LogP contribution in [0.4, 0.5) is 5.82 Å². The molecule has 0 saturated carbocycles. The van der Waals surface area contributed by atoms with Gasteiger partial charge in [0.25, 0.3) is 0 Å². The molecule has 0 fully saturated rings. The van der Waals surface area contributed by atoms with Crippen LogP contribution >= 0.6 is 38.5 Å². The molecule has 0 radical (unpaired) electrons. The summed E-state index contributed by atoms with van der Waals surface area (Å²) in [5, 5.41) is 3.32. The van der Waals surface area contributed by atoms with Crippen molar-refractivity contribution in [3.8, 4) is 11.4 Å². The molecule has 1 N–H and O–H groups in total. The molecule has 0 amide bonds. The zero-order chi connectivity index (χ0) is 15.6. The van der Waals surface area contributed by atoms with Gasteiger partial charge in [-0.1, -0.05) is 20.8 Å². The van der Waals surface area contributed by atoms with E-state index in [-0.39, 0.29) is 5.41 Å². The molecule has 21 heavy (non-hydrogen) atoms.